The largest absolute Gasteiger partial charge is 0.497 e. The van der Waals surface area contributed by atoms with E-state index in [9.17, 15) is 0 Å². The summed E-state index contributed by atoms with van der Waals surface area (Å²) in [5, 5.41) is 0. The Hall–Kier alpha value is -2.00. The summed E-state index contributed by atoms with van der Waals surface area (Å²) in [7, 11) is 1.66. The third-order valence-electron chi connectivity index (χ3n) is 3.21. The smallest absolute Gasteiger partial charge is 0.124 e. The van der Waals surface area contributed by atoms with Crippen LogP contribution in [0.2, 0.25) is 0 Å². The van der Waals surface area contributed by atoms with Crippen LogP contribution in [0.5, 0.6) is 11.5 Å². The fraction of sp³-hybridized carbons (Fsp3) is 0.294. The first-order chi connectivity index (χ1) is 9.60. The van der Waals surface area contributed by atoms with Gasteiger partial charge < -0.3 is 15.2 Å². The number of hydrogen-bond acceptors (Lipinski definition) is 3. The van der Waals surface area contributed by atoms with Gasteiger partial charge >= 0.3 is 0 Å². The molecule has 0 aromatic heterocycles. The average Bonchev–Trinajstić information content (AvgIpc) is 2.45. The molecule has 0 radical (unpaired) electrons. The number of benzene rings is 2. The normalized spacial score (nSPS) is 12.0. The summed E-state index contributed by atoms with van der Waals surface area (Å²) in [5.41, 5.74) is 9.27. The molecule has 2 N–H and O–H groups in total. The highest BCUT2D eigenvalue weighted by atomic mass is 16.5. The molecule has 0 spiro atoms. The molecule has 2 aromatic carbocycles. The van der Waals surface area contributed by atoms with Crippen molar-refractivity contribution < 1.29 is 9.47 Å². The van der Waals surface area contributed by atoms with E-state index in [1.165, 1.54) is 5.56 Å². The lowest BCUT2D eigenvalue weighted by molar-refractivity contribution is 0.301. The Labute approximate surface area is 120 Å². The molecule has 0 saturated heterocycles. The molecule has 0 aliphatic heterocycles. The van der Waals surface area contributed by atoms with E-state index in [4.69, 9.17) is 15.2 Å². The van der Waals surface area contributed by atoms with Gasteiger partial charge in [-0.1, -0.05) is 24.3 Å². The fourth-order valence-corrected chi connectivity index (χ4v) is 2.03. The Morgan fingerprint density at radius 3 is 2.40 bits per heavy atom. The molecule has 3 heteroatoms. The Kier molecular flexibility index (Phi) is 4.64. The molecule has 2 aromatic rings. The van der Waals surface area contributed by atoms with Crippen LogP contribution in [0.3, 0.4) is 0 Å². The molecule has 20 heavy (non-hydrogen) atoms. The monoisotopic (exact) mass is 271 g/mol. The van der Waals surface area contributed by atoms with Crippen LogP contribution < -0.4 is 15.2 Å². The number of methoxy groups -OCH3 is 1. The van der Waals surface area contributed by atoms with Crippen molar-refractivity contribution in [2.45, 2.75) is 26.5 Å². The summed E-state index contributed by atoms with van der Waals surface area (Å²) in [6.07, 6.45) is 0. The lowest BCUT2D eigenvalue weighted by Crippen LogP contribution is -2.08. The number of ether oxygens (including phenoxy) is 2. The van der Waals surface area contributed by atoms with Crippen molar-refractivity contribution in [1.82, 2.24) is 0 Å². The van der Waals surface area contributed by atoms with Gasteiger partial charge in [0.1, 0.15) is 18.1 Å². The lowest BCUT2D eigenvalue weighted by Gasteiger charge is -2.15. The molecule has 3 nitrogen and oxygen atoms in total. The summed E-state index contributed by atoms with van der Waals surface area (Å²) < 4.78 is 11.1. The van der Waals surface area contributed by atoms with Crippen LogP contribution in [0.4, 0.5) is 0 Å². The molecule has 0 fully saturated rings. The van der Waals surface area contributed by atoms with Crippen LogP contribution in [-0.2, 0) is 6.61 Å². The molecule has 1 unspecified atom stereocenters. The summed E-state index contributed by atoms with van der Waals surface area (Å²) >= 11 is 0. The first kappa shape index (κ1) is 14.4. The van der Waals surface area contributed by atoms with Gasteiger partial charge in [0.25, 0.3) is 0 Å². The Balaban J connectivity index is 2.11. The number of rotatable bonds is 5. The van der Waals surface area contributed by atoms with E-state index in [2.05, 4.69) is 6.07 Å². The lowest BCUT2D eigenvalue weighted by atomic mass is 10.1. The molecule has 2 rings (SSSR count). The molecular formula is C17H21NO2. The van der Waals surface area contributed by atoms with Crippen LogP contribution in [-0.4, -0.2) is 7.11 Å². The zero-order chi connectivity index (χ0) is 14.5. The van der Waals surface area contributed by atoms with E-state index >= 15 is 0 Å². The average molecular weight is 271 g/mol. The highest BCUT2D eigenvalue weighted by Gasteiger charge is 2.08. The van der Waals surface area contributed by atoms with Crippen molar-refractivity contribution in [2.24, 2.45) is 5.73 Å². The van der Waals surface area contributed by atoms with Crippen molar-refractivity contribution >= 4 is 0 Å². The Bertz CT molecular complexity index is 562. The zero-order valence-corrected chi connectivity index (χ0v) is 12.2. The van der Waals surface area contributed by atoms with Gasteiger partial charge in [-0.05, 0) is 43.2 Å². The minimum atomic E-state index is -0.0403. The first-order valence-electron chi connectivity index (χ1n) is 6.72. The maximum absolute atomic E-state index is 5.97. The summed E-state index contributed by atoms with van der Waals surface area (Å²) in [6, 6.07) is 13.9. The van der Waals surface area contributed by atoms with Gasteiger partial charge in [-0.3, -0.25) is 0 Å². The van der Waals surface area contributed by atoms with Crippen LogP contribution in [0, 0.1) is 6.92 Å². The molecule has 1 atom stereocenters. The van der Waals surface area contributed by atoms with Gasteiger partial charge in [0, 0.05) is 11.6 Å². The highest BCUT2D eigenvalue weighted by molar-refractivity contribution is 5.39. The fourth-order valence-electron chi connectivity index (χ4n) is 2.03. The van der Waals surface area contributed by atoms with Crippen molar-refractivity contribution in [3.8, 4) is 11.5 Å². The Morgan fingerprint density at radius 2 is 1.80 bits per heavy atom. The van der Waals surface area contributed by atoms with Gasteiger partial charge in [-0.2, -0.15) is 0 Å². The second-order valence-corrected chi connectivity index (χ2v) is 4.97. The highest BCUT2D eigenvalue weighted by Crippen LogP contribution is 2.26. The van der Waals surface area contributed by atoms with Crippen LogP contribution in [0.25, 0.3) is 0 Å². The maximum atomic E-state index is 5.97. The van der Waals surface area contributed by atoms with Crippen molar-refractivity contribution in [2.75, 3.05) is 7.11 Å². The number of nitrogens with two attached hydrogens (primary N) is 1. The second-order valence-electron chi connectivity index (χ2n) is 4.97. The van der Waals surface area contributed by atoms with Crippen molar-refractivity contribution in [3.63, 3.8) is 0 Å². The molecule has 0 saturated carbocycles. The van der Waals surface area contributed by atoms with E-state index in [0.29, 0.717) is 6.61 Å². The van der Waals surface area contributed by atoms with Gasteiger partial charge in [0.2, 0.25) is 0 Å². The van der Waals surface area contributed by atoms with Crippen molar-refractivity contribution in [1.29, 1.82) is 0 Å². The molecule has 0 aliphatic carbocycles. The summed E-state index contributed by atoms with van der Waals surface area (Å²) in [6.45, 7) is 4.53. The van der Waals surface area contributed by atoms with Gasteiger partial charge in [0.15, 0.2) is 0 Å². The van der Waals surface area contributed by atoms with Crippen LogP contribution in [0.15, 0.2) is 42.5 Å². The minimum Gasteiger partial charge on any atom is -0.497 e. The van der Waals surface area contributed by atoms with Crippen molar-refractivity contribution in [3.05, 3.63) is 59.2 Å². The van der Waals surface area contributed by atoms with E-state index in [1.807, 2.05) is 50.2 Å². The number of hydrogen-bond donors (Lipinski definition) is 1. The third kappa shape index (κ3) is 3.52. The Morgan fingerprint density at radius 1 is 1.10 bits per heavy atom. The molecule has 0 heterocycles. The summed E-state index contributed by atoms with van der Waals surface area (Å²) in [5.74, 6) is 1.70. The van der Waals surface area contributed by atoms with E-state index in [0.717, 1.165) is 22.6 Å². The van der Waals surface area contributed by atoms with Gasteiger partial charge in [-0.25, -0.2) is 0 Å². The molecular weight excluding hydrogens is 250 g/mol. The maximum Gasteiger partial charge on any atom is 0.124 e. The van der Waals surface area contributed by atoms with Gasteiger partial charge in [0.05, 0.1) is 7.11 Å². The van der Waals surface area contributed by atoms with E-state index in [1.54, 1.807) is 7.11 Å². The predicted octanol–water partition coefficient (Wildman–Crippen LogP) is 3.60. The first-order valence-corrected chi connectivity index (χ1v) is 6.72. The minimum absolute atomic E-state index is 0.0403. The zero-order valence-electron chi connectivity index (χ0n) is 12.2. The van der Waals surface area contributed by atoms with Crippen LogP contribution in [0.1, 0.15) is 29.7 Å². The van der Waals surface area contributed by atoms with Gasteiger partial charge in [-0.15, -0.1) is 0 Å². The topological polar surface area (TPSA) is 44.5 Å². The SMILES string of the molecule is COc1ccc(COc2cc(C)ccc2C(C)N)cc1. The van der Waals surface area contributed by atoms with E-state index < -0.39 is 0 Å². The predicted molar refractivity (Wildman–Crippen MR) is 81.1 cm³/mol. The molecule has 106 valence electrons. The third-order valence-corrected chi connectivity index (χ3v) is 3.21. The van der Waals surface area contributed by atoms with Crippen LogP contribution >= 0.6 is 0 Å². The molecule has 0 bridgehead atoms. The molecule has 0 amide bonds. The van der Waals surface area contributed by atoms with E-state index in [-0.39, 0.29) is 6.04 Å². The second kappa shape index (κ2) is 6.44. The quantitative estimate of drug-likeness (QED) is 0.903. The number of aryl methyl sites for hydroxylation is 1. The standard InChI is InChI=1S/C17H21NO2/c1-12-4-9-16(13(2)18)17(10-12)20-11-14-5-7-15(19-3)8-6-14/h4-10,13H,11,18H2,1-3H3. The summed E-state index contributed by atoms with van der Waals surface area (Å²) in [4.78, 5) is 0. The molecule has 0 aliphatic rings.